The third-order valence-corrected chi connectivity index (χ3v) is 2.09. The van der Waals surface area contributed by atoms with Crippen LogP contribution in [-0.4, -0.2) is 0 Å². The summed E-state index contributed by atoms with van der Waals surface area (Å²) in [6.45, 7) is 0. The molecule has 0 unspecified atom stereocenters. The number of halogens is 2. The van der Waals surface area contributed by atoms with Crippen molar-refractivity contribution >= 4 is 0 Å². The van der Waals surface area contributed by atoms with E-state index in [0.29, 0.717) is 11.3 Å². The topological polar surface area (TPSA) is 33.0 Å². The zero-order valence-corrected chi connectivity index (χ0v) is 8.65. The molecule has 0 radical (unpaired) electrons. The second-order valence-electron chi connectivity index (χ2n) is 3.32. The summed E-state index contributed by atoms with van der Waals surface area (Å²) >= 11 is 0. The van der Waals surface area contributed by atoms with Crippen molar-refractivity contribution in [1.82, 2.24) is 0 Å². The zero-order valence-electron chi connectivity index (χ0n) is 8.65. The Hall–Kier alpha value is -2.41. The van der Waals surface area contributed by atoms with Crippen LogP contribution in [0.4, 0.5) is 8.78 Å². The average molecular weight is 231 g/mol. The largest absolute Gasteiger partial charge is 0.457 e. The van der Waals surface area contributed by atoms with Crippen LogP contribution in [0.5, 0.6) is 11.5 Å². The van der Waals surface area contributed by atoms with Crippen molar-refractivity contribution in [2.75, 3.05) is 0 Å². The van der Waals surface area contributed by atoms with E-state index < -0.39 is 11.6 Å². The minimum Gasteiger partial charge on any atom is -0.457 e. The van der Waals surface area contributed by atoms with Gasteiger partial charge in [0, 0.05) is 6.07 Å². The first-order valence-electron chi connectivity index (χ1n) is 4.82. The SMILES string of the molecule is N#Cc1cccc(Oc2ccc(F)c(F)c2)c1. The van der Waals surface area contributed by atoms with E-state index >= 15 is 0 Å². The highest BCUT2D eigenvalue weighted by atomic mass is 19.2. The number of hydrogen-bond donors (Lipinski definition) is 0. The number of rotatable bonds is 2. The summed E-state index contributed by atoms with van der Waals surface area (Å²) in [5.74, 6) is -1.32. The Morgan fingerprint density at radius 3 is 2.41 bits per heavy atom. The lowest BCUT2D eigenvalue weighted by Crippen LogP contribution is -1.88. The molecule has 17 heavy (non-hydrogen) atoms. The lowest BCUT2D eigenvalue weighted by atomic mass is 10.2. The van der Waals surface area contributed by atoms with Crippen LogP contribution in [-0.2, 0) is 0 Å². The molecule has 0 amide bonds. The fourth-order valence-corrected chi connectivity index (χ4v) is 1.31. The van der Waals surface area contributed by atoms with Gasteiger partial charge in [-0.2, -0.15) is 5.26 Å². The molecular weight excluding hydrogens is 224 g/mol. The number of nitriles is 1. The van der Waals surface area contributed by atoms with Crippen LogP contribution in [0, 0.1) is 23.0 Å². The molecule has 2 aromatic rings. The summed E-state index contributed by atoms with van der Waals surface area (Å²) in [6, 6.07) is 11.6. The lowest BCUT2D eigenvalue weighted by molar-refractivity contribution is 0.461. The molecule has 0 N–H and O–H groups in total. The van der Waals surface area contributed by atoms with Gasteiger partial charge in [-0.25, -0.2) is 8.78 Å². The van der Waals surface area contributed by atoms with Gasteiger partial charge < -0.3 is 4.74 Å². The smallest absolute Gasteiger partial charge is 0.162 e. The van der Waals surface area contributed by atoms with Crippen LogP contribution in [0.2, 0.25) is 0 Å². The highest BCUT2D eigenvalue weighted by Gasteiger charge is 2.04. The predicted molar refractivity (Wildman–Crippen MR) is 57.6 cm³/mol. The highest BCUT2D eigenvalue weighted by molar-refractivity contribution is 5.39. The Kier molecular flexibility index (Phi) is 3.01. The number of nitrogens with zero attached hydrogens (tertiary/aromatic N) is 1. The maximum absolute atomic E-state index is 12.9. The van der Waals surface area contributed by atoms with Gasteiger partial charge in [0.05, 0.1) is 11.6 Å². The number of ether oxygens (including phenoxy) is 1. The minimum absolute atomic E-state index is 0.180. The molecule has 2 aromatic carbocycles. The van der Waals surface area contributed by atoms with Gasteiger partial charge in [0.15, 0.2) is 11.6 Å². The van der Waals surface area contributed by atoms with Crippen molar-refractivity contribution in [3.05, 3.63) is 59.7 Å². The molecule has 0 aliphatic rings. The molecule has 0 aliphatic carbocycles. The fraction of sp³-hybridized carbons (Fsp3) is 0. The van der Waals surface area contributed by atoms with E-state index in [4.69, 9.17) is 10.00 Å². The second-order valence-corrected chi connectivity index (χ2v) is 3.32. The van der Waals surface area contributed by atoms with Crippen molar-refractivity contribution in [1.29, 1.82) is 5.26 Å². The van der Waals surface area contributed by atoms with Gasteiger partial charge in [-0.1, -0.05) is 6.07 Å². The molecule has 0 saturated heterocycles. The summed E-state index contributed by atoms with van der Waals surface area (Å²) in [6.07, 6.45) is 0. The van der Waals surface area contributed by atoms with E-state index in [9.17, 15) is 8.78 Å². The van der Waals surface area contributed by atoms with Crippen LogP contribution in [0.1, 0.15) is 5.56 Å². The monoisotopic (exact) mass is 231 g/mol. The fourth-order valence-electron chi connectivity index (χ4n) is 1.31. The van der Waals surface area contributed by atoms with E-state index in [1.165, 1.54) is 12.1 Å². The molecule has 4 heteroatoms. The van der Waals surface area contributed by atoms with Crippen LogP contribution < -0.4 is 4.74 Å². The number of benzene rings is 2. The zero-order chi connectivity index (χ0) is 12.3. The minimum atomic E-state index is -0.973. The molecule has 0 aliphatic heterocycles. The highest BCUT2D eigenvalue weighted by Crippen LogP contribution is 2.23. The third-order valence-electron chi connectivity index (χ3n) is 2.09. The van der Waals surface area contributed by atoms with E-state index in [0.717, 1.165) is 12.1 Å². The summed E-state index contributed by atoms with van der Waals surface area (Å²) in [4.78, 5) is 0. The molecule has 84 valence electrons. The molecular formula is C13H7F2NO. The maximum atomic E-state index is 12.9. The first kappa shape index (κ1) is 11.1. The van der Waals surface area contributed by atoms with Crippen LogP contribution in [0.15, 0.2) is 42.5 Å². The summed E-state index contributed by atoms with van der Waals surface area (Å²) < 4.78 is 30.9. The van der Waals surface area contributed by atoms with Gasteiger partial charge in [-0.3, -0.25) is 0 Å². The maximum Gasteiger partial charge on any atom is 0.162 e. The molecule has 0 spiro atoms. The van der Waals surface area contributed by atoms with Gasteiger partial charge in [0.2, 0.25) is 0 Å². The predicted octanol–water partition coefficient (Wildman–Crippen LogP) is 3.63. The first-order valence-corrected chi connectivity index (χ1v) is 4.82. The summed E-state index contributed by atoms with van der Waals surface area (Å²) in [5, 5.41) is 8.69. The molecule has 0 fully saturated rings. The molecule has 0 atom stereocenters. The number of hydrogen-bond acceptors (Lipinski definition) is 2. The van der Waals surface area contributed by atoms with E-state index in [1.807, 2.05) is 6.07 Å². The van der Waals surface area contributed by atoms with Crippen molar-refractivity contribution in [2.45, 2.75) is 0 Å². The Morgan fingerprint density at radius 2 is 1.71 bits per heavy atom. The second kappa shape index (κ2) is 4.62. The summed E-state index contributed by atoms with van der Waals surface area (Å²) in [7, 11) is 0. The van der Waals surface area contributed by atoms with Crippen LogP contribution in [0.25, 0.3) is 0 Å². The molecule has 2 nitrogen and oxygen atoms in total. The van der Waals surface area contributed by atoms with Gasteiger partial charge in [0.1, 0.15) is 11.5 Å². The van der Waals surface area contributed by atoms with Crippen LogP contribution in [0.3, 0.4) is 0 Å². The standard InChI is InChI=1S/C13H7F2NO/c14-12-5-4-11(7-13(12)15)17-10-3-1-2-9(6-10)8-16/h1-7H. The van der Waals surface area contributed by atoms with Crippen LogP contribution >= 0.6 is 0 Å². The van der Waals surface area contributed by atoms with Crippen molar-refractivity contribution in [3.63, 3.8) is 0 Å². The van der Waals surface area contributed by atoms with Crippen molar-refractivity contribution in [2.24, 2.45) is 0 Å². The van der Waals surface area contributed by atoms with E-state index in [2.05, 4.69) is 0 Å². The van der Waals surface area contributed by atoms with Gasteiger partial charge in [0.25, 0.3) is 0 Å². The van der Waals surface area contributed by atoms with E-state index in [1.54, 1.807) is 18.2 Å². The molecule has 0 heterocycles. The van der Waals surface area contributed by atoms with Gasteiger partial charge in [-0.15, -0.1) is 0 Å². The molecule has 2 rings (SSSR count). The molecule has 0 aromatic heterocycles. The van der Waals surface area contributed by atoms with Crippen molar-refractivity contribution < 1.29 is 13.5 Å². The Morgan fingerprint density at radius 1 is 0.941 bits per heavy atom. The quantitative estimate of drug-likeness (QED) is 0.790. The average Bonchev–Trinajstić information content (AvgIpc) is 2.34. The Balaban J connectivity index is 2.25. The first-order chi connectivity index (χ1) is 8.19. The molecule has 0 saturated carbocycles. The van der Waals surface area contributed by atoms with Gasteiger partial charge >= 0.3 is 0 Å². The Labute approximate surface area is 96.7 Å². The Bertz CT molecular complexity index is 590. The molecule has 0 bridgehead atoms. The van der Waals surface area contributed by atoms with Gasteiger partial charge in [-0.05, 0) is 30.3 Å². The van der Waals surface area contributed by atoms with E-state index in [-0.39, 0.29) is 5.75 Å². The third kappa shape index (κ3) is 2.58. The lowest BCUT2D eigenvalue weighted by Gasteiger charge is -2.05. The van der Waals surface area contributed by atoms with Crippen molar-refractivity contribution in [3.8, 4) is 17.6 Å². The summed E-state index contributed by atoms with van der Waals surface area (Å²) in [5.41, 5.74) is 0.435. The normalized spacial score (nSPS) is 9.71.